The molecule has 1 unspecified atom stereocenters. The van der Waals surface area contributed by atoms with Crippen molar-refractivity contribution < 1.29 is 9.18 Å². The molecule has 0 aromatic rings. The number of carbonyl (C=O) groups excluding carboxylic acids is 1. The van der Waals surface area contributed by atoms with Crippen LogP contribution in [0.5, 0.6) is 0 Å². The fraction of sp³-hybridized carbons (Fsp3) is 0.941. The Bertz CT molecular complexity index is 270. The van der Waals surface area contributed by atoms with Crippen molar-refractivity contribution in [2.75, 3.05) is 6.54 Å². The van der Waals surface area contributed by atoms with Crippen LogP contribution in [0.2, 0.25) is 0 Å². The molecule has 0 aromatic carbocycles. The van der Waals surface area contributed by atoms with Crippen LogP contribution < -0.4 is 5.32 Å². The molecule has 1 fully saturated rings. The van der Waals surface area contributed by atoms with Crippen molar-refractivity contribution in [3.8, 4) is 0 Å². The molecule has 1 aliphatic heterocycles. The number of rotatable bonds is 11. The molecule has 1 heterocycles. The number of nitrogens with one attached hydrogen (secondary N) is 1. The first-order valence-corrected chi connectivity index (χ1v) is 8.60. The van der Waals surface area contributed by atoms with Crippen LogP contribution in [-0.4, -0.2) is 24.5 Å². The van der Waals surface area contributed by atoms with Crippen LogP contribution in [-0.2, 0) is 4.79 Å². The van der Waals surface area contributed by atoms with Crippen LogP contribution in [0, 0.1) is 5.92 Å². The van der Waals surface area contributed by atoms with E-state index >= 15 is 0 Å². The van der Waals surface area contributed by atoms with Gasteiger partial charge >= 0.3 is 0 Å². The zero-order chi connectivity index (χ0) is 14.8. The molecule has 1 N–H and O–H groups in total. The maximum absolute atomic E-state index is 13.2. The van der Waals surface area contributed by atoms with E-state index in [-0.39, 0.29) is 17.7 Å². The SMILES string of the molecule is CCCCCCC(CCCCC)C(=O)[C@@H]1C[C@@H](F)CN1. The first-order valence-electron chi connectivity index (χ1n) is 8.60. The number of alkyl halides is 1. The maximum atomic E-state index is 13.2. The highest BCUT2D eigenvalue weighted by molar-refractivity contribution is 5.86. The largest absolute Gasteiger partial charge is 0.304 e. The van der Waals surface area contributed by atoms with Gasteiger partial charge in [-0.15, -0.1) is 0 Å². The van der Waals surface area contributed by atoms with Gasteiger partial charge in [-0.1, -0.05) is 58.8 Å². The van der Waals surface area contributed by atoms with Crippen molar-refractivity contribution in [2.24, 2.45) is 5.92 Å². The van der Waals surface area contributed by atoms with E-state index < -0.39 is 6.17 Å². The Kier molecular flexibility index (Phi) is 9.08. The van der Waals surface area contributed by atoms with Crippen LogP contribution in [0.25, 0.3) is 0 Å². The number of ketones is 1. The minimum absolute atomic E-state index is 0.154. The standard InChI is InChI=1S/C17H32FNO/c1-3-5-7-9-11-14(10-8-6-4-2)17(20)16-12-15(18)13-19-16/h14-16,19H,3-13H2,1-2H3/t14?,15-,16+/m1/s1. The minimum Gasteiger partial charge on any atom is -0.304 e. The van der Waals surface area contributed by atoms with Crippen molar-refractivity contribution in [2.45, 2.75) is 90.3 Å². The van der Waals surface area contributed by atoms with Crippen LogP contribution in [0.1, 0.15) is 78.1 Å². The molecular weight excluding hydrogens is 253 g/mol. The van der Waals surface area contributed by atoms with E-state index in [0.29, 0.717) is 13.0 Å². The summed E-state index contributed by atoms with van der Waals surface area (Å²) in [7, 11) is 0. The van der Waals surface area contributed by atoms with E-state index in [1.54, 1.807) is 0 Å². The minimum atomic E-state index is -0.833. The van der Waals surface area contributed by atoms with E-state index in [4.69, 9.17) is 0 Å². The highest BCUT2D eigenvalue weighted by Crippen LogP contribution is 2.23. The molecule has 1 saturated heterocycles. The summed E-state index contributed by atoms with van der Waals surface area (Å²) in [5.41, 5.74) is 0. The molecule has 1 rings (SSSR count). The summed E-state index contributed by atoms with van der Waals surface area (Å²) in [4.78, 5) is 12.5. The van der Waals surface area contributed by atoms with Crippen LogP contribution in [0.4, 0.5) is 4.39 Å². The lowest BCUT2D eigenvalue weighted by atomic mass is 9.87. The Morgan fingerprint density at radius 1 is 1.10 bits per heavy atom. The molecule has 118 valence electrons. The molecule has 0 aliphatic carbocycles. The predicted molar refractivity (Wildman–Crippen MR) is 82.7 cm³/mol. The van der Waals surface area contributed by atoms with Gasteiger partial charge in [0.1, 0.15) is 6.17 Å². The average molecular weight is 285 g/mol. The fourth-order valence-electron chi connectivity index (χ4n) is 3.08. The first-order chi connectivity index (χ1) is 9.69. The quantitative estimate of drug-likeness (QED) is 0.569. The molecule has 3 heteroatoms. The lowest BCUT2D eigenvalue weighted by Gasteiger charge is -2.19. The molecule has 0 spiro atoms. The topological polar surface area (TPSA) is 29.1 Å². The Balaban J connectivity index is 2.40. The average Bonchev–Trinajstić information content (AvgIpc) is 2.87. The van der Waals surface area contributed by atoms with Crippen molar-refractivity contribution >= 4 is 5.78 Å². The van der Waals surface area contributed by atoms with Crippen LogP contribution in [0.3, 0.4) is 0 Å². The second-order valence-corrected chi connectivity index (χ2v) is 6.24. The number of hydrogen-bond donors (Lipinski definition) is 1. The molecule has 0 radical (unpaired) electrons. The molecule has 0 bridgehead atoms. The van der Waals surface area contributed by atoms with E-state index in [9.17, 15) is 9.18 Å². The summed E-state index contributed by atoms with van der Waals surface area (Å²) in [5.74, 6) is 0.430. The zero-order valence-corrected chi connectivity index (χ0v) is 13.3. The van der Waals surface area contributed by atoms with Crippen molar-refractivity contribution in [1.29, 1.82) is 0 Å². The number of hydrogen-bond acceptors (Lipinski definition) is 2. The lowest BCUT2D eigenvalue weighted by molar-refractivity contribution is -0.125. The van der Waals surface area contributed by atoms with Gasteiger partial charge in [-0.25, -0.2) is 4.39 Å². The molecule has 1 aliphatic rings. The predicted octanol–water partition coefficient (Wildman–Crippen LogP) is 4.42. The molecule has 0 amide bonds. The third-order valence-corrected chi connectivity index (χ3v) is 4.39. The summed E-state index contributed by atoms with van der Waals surface area (Å²) in [5, 5.41) is 3.05. The van der Waals surface area contributed by atoms with Gasteiger partial charge in [-0.05, 0) is 12.8 Å². The summed E-state index contributed by atoms with van der Waals surface area (Å²) in [6.45, 7) is 4.74. The lowest BCUT2D eigenvalue weighted by Crippen LogP contribution is -2.35. The van der Waals surface area contributed by atoms with Gasteiger partial charge in [0.15, 0.2) is 5.78 Å². The number of carbonyl (C=O) groups is 1. The van der Waals surface area contributed by atoms with Crippen LogP contribution >= 0.6 is 0 Å². The van der Waals surface area contributed by atoms with Gasteiger partial charge in [-0.3, -0.25) is 4.79 Å². The number of halogens is 1. The van der Waals surface area contributed by atoms with Crippen molar-refractivity contribution in [3.05, 3.63) is 0 Å². The second kappa shape index (κ2) is 10.3. The van der Waals surface area contributed by atoms with Crippen LogP contribution in [0.15, 0.2) is 0 Å². The molecular formula is C17H32FNO. The number of Topliss-reactive ketones (excluding diaryl/α,β-unsaturated/α-hetero) is 1. The van der Waals surface area contributed by atoms with E-state index in [1.165, 1.54) is 32.1 Å². The first kappa shape index (κ1) is 17.6. The van der Waals surface area contributed by atoms with Gasteiger partial charge in [0.25, 0.3) is 0 Å². The fourth-order valence-corrected chi connectivity index (χ4v) is 3.08. The Labute approximate surface area is 123 Å². The molecule has 0 aromatic heterocycles. The van der Waals surface area contributed by atoms with E-state index in [2.05, 4.69) is 19.2 Å². The third kappa shape index (κ3) is 6.34. The molecule has 3 atom stereocenters. The Hall–Kier alpha value is -0.440. The van der Waals surface area contributed by atoms with Gasteiger partial charge in [-0.2, -0.15) is 0 Å². The van der Waals surface area contributed by atoms with Crippen molar-refractivity contribution in [1.82, 2.24) is 5.32 Å². The Morgan fingerprint density at radius 3 is 2.25 bits per heavy atom. The summed E-state index contributed by atoms with van der Waals surface area (Å²) in [6, 6.07) is -0.220. The zero-order valence-electron chi connectivity index (χ0n) is 13.3. The Morgan fingerprint density at radius 2 is 1.70 bits per heavy atom. The highest BCUT2D eigenvalue weighted by atomic mass is 19.1. The van der Waals surface area contributed by atoms with Gasteiger partial charge in [0.05, 0.1) is 6.04 Å². The smallest absolute Gasteiger partial charge is 0.152 e. The van der Waals surface area contributed by atoms with Crippen molar-refractivity contribution in [3.63, 3.8) is 0 Å². The summed E-state index contributed by atoms with van der Waals surface area (Å²) in [6.07, 6.45) is 9.90. The summed E-state index contributed by atoms with van der Waals surface area (Å²) < 4.78 is 13.2. The molecule has 0 saturated carbocycles. The van der Waals surface area contributed by atoms with Gasteiger partial charge in [0, 0.05) is 18.9 Å². The summed E-state index contributed by atoms with van der Waals surface area (Å²) >= 11 is 0. The molecule has 2 nitrogen and oxygen atoms in total. The third-order valence-electron chi connectivity index (χ3n) is 4.39. The number of unbranched alkanes of at least 4 members (excludes halogenated alkanes) is 5. The normalized spacial score (nSPS) is 23.9. The van der Waals surface area contributed by atoms with E-state index in [0.717, 1.165) is 25.7 Å². The highest BCUT2D eigenvalue weighted by Gasteiger charge is 2.32. The second-order valence-electron chi connectivity index (χ2n) is 6.24. The monoisotopic (exact) mass is 285 g/mol. The van der Waals surface area contributed by atoms with Gasteiger partial charge in [0.2, 0.25) is 0 Å². The van der Waals surface area contributed by atoms with Gasteiger partial charge < -0.3 is 5.32 Å². The molecule has 20 heavy (non-hydrogen) atoms. The van der Waals surface area contributed by atoms with E-state index in [1.807, 2.05) is 0 Å². The maximum Gasteiger partial charge on any atom is 0.152 e.